The molecule has 1 saturated heterocycles. The number of alkyl halides is 3. The summed E-state index contributed by atoms with van der Waals surface area (Å²) in [7, 11) is 0. The summed E-state index contributed by atoms with van der Waals surface area (Å²) in [4.78, 5) is 18.6. The molecule has 1 fully saturated rings. The highest BCUT2D eigenvalue weighted by molar-refractivity contribution is 6.29. The zero-order valence-electron chi connectivity index (χ0n) is 17.5. The second kappa shape index (κ2) is 7.96. The Morgan fingerprint density at radius 3 is 2.67 bits per heavy atom. The Morgan fingerprint density at radius 2 is 1.94 bits per heavy atom. The molecule has 0 bridgehead atoms. The number of nitrogens with zero attached hydrogens (tertiary/aromatic N) is 7. The number of hydrogen-bond donors (Lipinski definition) is 2. The van der Waals surface area contributed by atoms with Crippen LogP contribution in [-0.2, 0) is 6.18 Å². The zero-order chi connectivity index (χ0) is 23.3. The first kappa shape index (κ1) is 21.6. The van der Waals surface area contributed by atoms with Crippen molar-refractivity contribution < 1.29 is 13.2 Å². The van der Waals surface area contributed by atoms with Gasteiger partial charge < -0.3 is 10.2 Å². The molecule has 13 heteroatoms. The lowest BCUT2D eigenvalue weighted by Gasteiger charge is -2.43. The number of nitrogens with one attached hydrogen (secondary N) is 2. The van der Waals surface area contributed by atoms with Crippen LogP contribution in [0.5, 0.6) is 0 Å². The molecule has 0 aromatic carbocycles. The van der Waals surface area contributed by atoms with Crippen molar-refractivity contribution in [3.05, 3.63) is 53.5 Å². The highest BCUT2D eigenvalue weighted by Gasteiger charge is 2.35. The molecule has 2 N–H and O–H groups in total. The lowest BCUT2D eigenvalue weighted by atomic mass is 9.97. The SMILES string of the molecule is CC1CN(c2cc(Cl)nc(-c3cnc4cnc(C(F)(F)F)cn34)n2)C(C)C(c2cn[nH]c2)N1. The summed E-state index contributed by atoms with van der Waals surface area (Å²) in [5.74, 6) is 0.738. The summed E-state index contributed by atoms with van der Waals surface area (Å²) in [6.45, 7) is 4.77. The van der Waals surface area contributed by atoms with Gasteiger partial charge in [-0.15, -0.1) is 0 Å². The zero-order valence-corrected chi connectivity index (χ0v) is 18.3. The molecule has 33 heavy (non-hydrogen) atoms. The topological polar surface area (TPSA) is 99.9 Å². The van der Waals surface area contributed by atoms with Gasteiger partial charge in [0.15, 0.2) is 17.2 Å². The Bertz CT molecular complexity index is 1290. The van der Waals surface area contributed by atoms with Crippen molar-refractivity contribution in [2.75, 3.05) is 11.4 Å². The average molecular weight is 478 g/mol. The predicted molar refractivity (Wildman–Crippen MR) is 115 cm³/mol. The van der Waals surface area contributed by atoms with Gasteiger partial charge in [0.2, 0.25) is 0 Å². The maximum atomic E-state index is 13.2. The Morgan fingerprint density at radius 1 is 1.12 bits per heavy atom. The van der Waals surface area contributed by atoms with Gasteiger partial charge in [0, 0.05) is 42.7 Å². The molecular formula is C20H19ClF3N9. The van der Waals surface area contributed by atoms with Crippen LogP contribution in [0.1, 0.15) is 31.1 Å². The maximum Gasteiger partial charge on any atom is 0.434 e. The third-order valence-corrected chi connectivity index (χ3v) is 5.87. The number of hydrogen-bond acceptors (Lipinski definition) is 7. The van der Waals surface area contributed by atoms with E-state index in [2.05, 4.69) is 54.2 Å². The standard InChI is InChI=1S/C20H19ClF3N9/c1-10-8-32(11(2)18(29-10)12-4-27-28-5-12)16-3-15(21)30-19(31-16)13-6-26-17-7-25-14(9-33(13)17)20(22,23)24/h3-7,9-11,18,29H,8H2,1-2H3,(H,27,28). The fourth-order valence-electron chi connectivity index (χ4n) is 4.12. The molecule has 1 aliphatic heterocycles. The number of aromatic nitrogens is 7. The van der Waals surface area contributed by atoms with Crippen molar-refractivity contribution in [3.63, 3.8) is 0 Å². The van der Waals surface area contributed by atoms with Gasteiger partial charge in [0.05, 0.1) is 24.6 Å². The van der Waals surface area contributed by atoms with E-state index in [1.54, 1.807) is 12.3 Å². The summed E-state index contributed by atoms with van der Waals surface area (Å²) in [6, 6.07) is 1.76. The van der Waals surface area contributed by atoms with E-state index in [9.17, 15) is 13.2 Å². The minimum Gasteiger partial charge on any atom is -0.350 e. The van der Waals surface area contributed by atoms with Crippen LogP contribution in [0, 0.1) is 0 Å². The third-order valence-electron chi connectivity index (χ3n) is 5.68. The van der Waals surface area contributed by atoms with Crippen LogP contribution in [0.4, 0.5) is 19.0 Å². The quantitative estimate of drug-likeness (QED) is 0.435. The van der Waals surface area contributed by atoms with Gasteiger partial charge in [-0.3, -0.25) is 9.50 Å². The Kier molecular flexibility index (Phi) is 5.20. The van der Waals surface area contributed by atoms with Crippen molar-refractivity contribution in [1.29, 1.82) is 0 Å². The fourth-order valence-corrected chi connectivity index (χ4v) is 4.29. The van der Waals surface area contributed by atoms with Crippen molar-refractivity contribution in [3.8, 4) is 11.5 Å². The summed E-state index contributed by atoms with van der Waals surface area (Å²) in [5, 5.41) is 10.6. The fraction of sp³-hybridized carbons (Fsp3) is 0.350. The van der Waals surface area contributed by atoms with Crippen molar-refractivity contribution in [1.82, 2.24) is 39.9 Å². The highest BCUT2D eigenvalue weighted by atomic mass is 35.5. The summed E-state index contributed by atoms with van der Waals surface area (Å²) >= 11 is 6.33. The van der Waals surface area contributed by atoms with Crippen molar-refractivity contribution >= 4 is 23.1 Å². The molecule has 3 atom stereocenters. The van der Waals surface area contributed by atoms with Gasteiger partial charge in [0.1, 0.15) is 16.7 Å². The molecule has 0 aliphatic carbocycles. The number of halogens is 4. The molecule has 1 aliphatic rings. The van der Waals surface area contributed by atoms with Crippen LogP contribution in [-0.4, -0.2) is 53.2 Å². The van der Waals surface area contributed by atoms with Gasteiger partial charge in [-0.05, 0) is 13.8 Å². The van der Waals surface area contributed by atoms with E-state index in [0.717, 1.165) is 18.0 Å². The molecule has 0 amide bonds. The molecule has 5 heterocycles. The van der Waals surface area contributed by atoms with E-state index in [1.807, 2.05) is 6.20 Å². The molecule has 5 rings (SSSR count). The smallest absolute Gasteiger partial charge is 0.350 e. The van der Waals surface area contributed by atoms with Gasteiger partial charge in [0.25, 0.3) is 0 Å². The number of imidazole rings is 1. The van der Waals surface area contributed by atoms with E-state index in [0.29, 0.717) is 12.4 Å². The van der Waals surface area contributed by atoms with Crippen molar-refractivity contribution in [2.24, 2.45) is 0 Å². The minimum atomic E-state index is -4.59. The van der Waals surface area contributed by atoms with Gasteiger partial charge in [-0.25, -0.2) is 19.9 Å². The highest BCUT2D eigenvalue weighted by Crippen LogP contribution is 2.32. The van der Waals surface area contributed by atoms with E-state index >= 15 is 0 Å². The largest absolute Gasteiger partial charge is 0.434 e. The molecule has 172 valence electrons. The van der Waals surface area contributed by atoms with E-state index in [-0.39, 0.29) is 40.4 Å². The van der Waals surface area contributed by atoms with Gasteiger partial charge in [-0.1, -0.05) is 11.6 Å². The molecule has 9 nitrogen and oxygen atoms in total. The number of H-pyrrole nitrogens is 1. The van der Waals surface area contributed by atoms with Gasteiger partial charge >= 0.3 is 6.18 Å². The molecule has 0 radical (unpaired) electrons. The Hall–Kier alpha value is -3.25. The first-order valence-corrected chi connectivity index (χ1v) is 10.5. The first-order valence-electron chi connectivity index (χ1n) is 10.2. The monoisotopic (exact) mass is 477 g/mol. The van der Waals surface area contributed by atoms with Crippen LogP contribution in [0.3, 0.4) is 0 Å². The number of aromatic amines is 1. The normalized spacial score (nSPS) is 21.6. The van der Waals surface area contributed by atoms with Gasteiger partial charge in [-0.2, -0.15) is 18.3 Å². The lowest BCUT2D eigenvalue weighted by Crippen LogP contribution is -2.56. The third kappa shape index (κ3) is 4.00. The molecule has 4 aromatic heterocycles. The molecule has 0 spiro atoms. The summed E-state index contributed by atoms with van der Waals surface area (Å²) in [6.07, 6.45) is 2.37. The van der Waals surface area contributed by atoms with Crippen LogP contribution >= 0.6 is 11.6 Å². The van der Waals surface area contributed by atoms with E-state index in [1.165, 1.54) is 10.6 Å². The number of fused-ring (bicyclic) bond motifs is 1. The molecule has 3 unspecified atom stereocenters. The minimum absolute atomic E-state index is 0.0130. The van der Waals surface area contributed by atoms with Crippen molar-refractivity contribution in [2.45, 2.75) is 38.1 Å². The Balaban J connectivity index is 1.56. The Labute approximate surface area is 191 Å². The molecular weight excluding hydrogens is 459 g/mol. The van der Waals surface area contributed by atoms with Crippen LogP contribution in [0.15, 0.2) is 37.1 Å². The lowest BCUT2D eigenvalue weighted by molar-refractivity contribution is -0.141. The van der Waals surface area contributed by atoms with Crippen LogP contribution < -0.4 is 10.2 Å². The van der Waals surface area contributed by atoms with Crippen LogP contribution in [0.2, 0.25) is 5.15 Å². The number of rotatable bonds is 3. The number of anilines is 1. The summed E-state index contributed by atoms with van der Waals surface area (Å²) in [5.41, 5.74) is 0.494. The first-order chi connectivity index (χ1) is 15.7. The maximum absolute atomic E-state index is 13.2. The van der Waals surface area contributed by atoms with Crippen LogP contribution in [0.25, 0.3) is 17.2 Å². The number of piperazine rings is 1. The summed E-state index contributed by atoms with van der Waals surface area (Å²) < 4.78 is 40.8. The second-order valence-electron chi connectivity index (χ2n) is 7.98. The second-order valence-corrected chi connectivity index (χ2v) is 8.37. The van der Waals surface area contributed by atoms with E-state index in [4.69, 9.17) is 11.6 Å². The average Bonchev–Trinajstić information content (AvgIpc) is 3.43. The van der Waals surface area contributed by atoms with E-state index < -0.39 is 11.9 Å². The molecule has 4 aromatic rings. The predicted octanol–water partition coefficient (Wildman–Crippen LogP) is 3.51. The molecule has 0 saturated carbocycles.